The number of terminal acetylenes is 1. The summed E-state index contributed by atoms with van der Waals surface area (Å²) in [6.07, 6.45) is 5.22. The van der Waals surface area contributed by atoms with Gasteiger partial charge < -0.3 is 14.8 Å². The third-order valence-corrected chi connectivity index (χ3v) is 2.44. The van der Waals surface area contributed by atoms with Gasteiger partial charge >= 0.3 is 5.97 Å². The second kappa shape index (κ2) is 7.07. The van der Waals surface area contributed by atoms with Crippen molar-refractivity contribution in [1.29, 1.82) is 0 Å². The highest BCUT2D eigenvalue weighted by Gasteiger charge is 2.21. The molecule has 1 N–H and O–H groups in total. The number of hydrogen-bond acceptors (Lipinski definition) is 4. The number of esters is 1. The zero-order valence-corrected chi connectivity index (χ0v) is 10.8. The SMILES string of the molecule is C#CCC(NC(=O)c1cccc(OC)c1)C(=O)OC. The molecule has 0 bridgehead atoms. The van der Waals surface area contributed by atoms with E-state index in [1.807, 2.05) is 0 Å². The number of amides is 1. The Balaban J connectivity index is 2.81. The Bertz CT molecular complexity index is 504. The lowest BCUT2D eigenvalue weighted by molar-refractivity contribution is -0.142. The Morgan fingerprint density at radius 1 is 1.42 bits per heavy atom. The quantitative estimate of drug-likeness (QED) is 0.634. The Hall–Kier alpha value is -2.48. The number of ether oxygens (including phenoxy) is 2. The van der Waals surface area contributed by atoms with Gasteiger partial charge in [0.1, 0.15) is 11.8 Å². The molecule has 0 saturated heterocycles. The molecule has 1 atom stereocenters. The van der Waals surface area contributed by atoms with Crippen LogP contribution in [0.1, 0.15) is 16.8 Å². The number of hydrogen-bond donors (Lipinski definition) is 1. The first kappa shape index (κ1) is 14.6. The molecule has 0 aliphatic carbocycles. The summed E-state index contributed by atoms with van der Waals surface area (Å²) < 4.78 is 9.59. The van der Waals surface area contributed by atoms with Gasteiger partial charge in [0.2, 0.25) is 0 Å². The van der Waals surface area contributed by atoms with Crippen LogP contribution in [0.4, 0.5) is 0 Å². The van der Waals surface area contributed by atoms with E-state index >= 15 is 0 Å². The first-order chi connectivity index (χ1) is 9.12. The van der Waals surface area contributed by atoms with E-state index in [0.717, 1.165) is 0 Å². The lowest BCUT2D eigenvalue weighted by Crippen LogP contribution is -2.41. The summed E-state index contributed by atoms with van der Waals surface area (Å²) in [5, 5.41) is 2.52. The lowest BCUT2D eigenvalue weighted by Gasteiger charge is -2.14. The van der Waals surface area contributed by atoms with E-state index in [0.29, 0.717) is 11.3 Å². The summed E-state index contributed by atoms with van der Waals surface area (Å²) in [5.74, 6) is 1.89. The van der Waals surface area contributed by atoms with Crippen molar-refractivity contribution in [2.24, 2.45) is 0 Å². The fraction of sp³-hybridized carbons (Fsp3) is 0.286. The van der Waals surface area contributed by atoms with E-state index in [2.05, 4.69) is 16.0 Å². The first-order valence-electron chi connectivity index (χ1n) is 5.58. The fourth-order valence-corrected chi connectivity index (χ4v) is 1.46. The average Bonchev–Trinajstić information content (AvgIpc) is 2.45. The topological polar surface area (TPSA) is 64.6 Å². The lowest BCUT2D eigenvalue weighted by atomic mass is 10.1. The summed E-state index contributed by atoms with van der Waals surface area (Å²) in [4.78, 5) is 23.4. The van der Waals surface area contributed by atoms with Crippen LogP contribution >= 0.6 is 0 Å². The van der Waals surface area contributed by atoms with E-state index < -0.39 is 17.9 Å². The Labute approximate surface area is 111 Å². The van der Waals surface area contributed by atoms with Gasteiger partial charge in [-0.05, 0) is 18.2 Å². The highest BCUT2D eigenvalue weighted by molar-refractivity contribution is 5.97. The maximum Gasteiger partial charge on any atom is 0.329 e. The average molecular weight is 261 g/mol. The van der Waals surface area contributed by atoms with Crippen LogP contribution in [-0.4, -0.2) is 32.1 Å². The maximum absolute atomic E-state index is 12.0. The Kier molecular flexibility index (Phi) is 5.42. The van der Waals surface area contributed by atoms with Crippen LogP contribution in [0.5, 0.6) is 5.75 Å². The van der Waals surface area contributed by atoms with Crippen LogP contribution < -0.4 is 10.1 Å². The summed E-state index contributed by atoms with van der Waals surface area (Å²) >= 11 is 0. The van der Waals surface area contributed by atoms with Crippen LogP contribution in [0.25, 0.3) is 0 Å². The molecule has 1 unspecified atom stereocenters. The molecule has 0 heterocycles. The molecule has 1 rings (SSSR count). The van der Waals surface area contributed by atoms with Crippen LogP contribution in [0.2, 0.25) is 0 Å². The fourth-order valence-electron chi connectivity index (χ4n) is 1.46. The molecule has 0 aliphatic heterocycles. The predicted molar refractivity (Wildman–Crippen MR) is 69.7 cm³/mol. The van der Waals surface area contributed by atoms with Crippen molar-refractivity contribution in [2.45, 2.75) is 12.5 Å². The van der Waals surface area contributed by atoms with Gasteiger partial charge in [-0.1, -0.05) is 6.07 Å². The van der Waals surface area contributed by atoms with Crippen molar-refractivity contribution in [3.63, 3.8) is 0 Å². The molecule has 0 fully saturated rings. The van der Waals surface area contributed by atoms with Crippen molar-refractivity contribution >= 4 is 11.9 Å². The number of carbonyl (C=O) groups is 2. The second-order valence-electron chi connectivity index (χ2n) is 3.69. The molecule has 1 amide bonds. The van der Waals surface area contributed by atoms with Gasteiger partial charge in [0.15, 0.2) is 0 Å². The molecule has 5 nitrogen and oxygen atoms in total. The summed E-state index contributed by atoms with van der Waals surface area (Å²) in [5.41, 5.74) is 0.380. The van der Waals surface area contributed by atoms with Crippen LogP contribution in [-0.2, 0) is 9.53 Å². The highest BCUT2D eigenvalue weighted by Crippen LogP contribution is 2.12. The zero-order chi connectivity index (χ0) is 14.3. The minimum absolute atomic E-state index is 0.0718. The van der Waals surface area contributed by atoms with Crippen molar-refractivity contribution in [1.82, 2.24) is 5.32 Å². The molecule has 100 valence electrons. The first-order valence-corrected chi connectivity index (χ1v) is 5.58. The van der Waals surface area contributed by atoms with E-state index in [9.17, 15) is 9.59 Å². The Morgan fingerprint density at radius 3 is 2.74 bits per heavy atom. The van der Waals surface area contributed by atoms with Crippen LogP contribution in [0, 0.1) is 12.3 Å². The number of methoxy groups -OCH3 is 2. The molecule has 19 heavy (non-hydrogen) atoms. The largest absolute Gasteiger partial charge is 0.497 e. The molecule has 1 aromatic carbocycles. The van der Waals surface area contributed by atoms with Crippen molar-refractivity contribution in [3.05, 3.63) is 29.8 Å². The van der Waals surface area contributed by atoms with E-state index in [4.69, 9.17) is 11.2 Å². The van der Waals surface area contributed by atoms with Crippen LogP contribution in [0.15, 0.2) is 24.3 Å². The van der Waals surface area contributed by atoms with Gasteiger partial charge in [0.05, 0.1) is 14.2 Å². The molecular weight excluding hydrogens is 246 g/mol. The number of carbonyl (C=O) groups excluding carboxylic acids is 2. The number of rotatable bonds is 5. The normalized spacial score (nSPS) is 11.0. The summed E-state index contributed by atoms with van der Waals surface area (Å²) in [6, 6.07) is 5.73. The second-order valence-corrected chi connectivity index (χ2v) is 3.69. The molecule has 0 aliphatic rings. The molecule has 1 aromatic rings. The molecule has 0 aromatic heterocycles. The van der Waals surface area contributed by atoms with Crippen molar-refractivity contribution in [2.75, 3.05) is 14.2 Å². The van der Waals surface area contributed by atoms with Gasteiger partial charge in [-0.25, -0.2) is 4.79 Å². The molecular formula is C14H15NO4. The molecule has 0 saturated carbocycles. The van der Waals surface area contributed by atoms with Crippen molar-refractivity contribution in [3.8, 4) is 18.1 Å². The van der Waals surface area contributed by atoms with Crippen LogP contribution in [0.3, 0.4) is 0 Å². The van der Waals surface area contributed by atoms with Crippen molar-refractivity contribution < 1.29 is 19.1 Å². The van der Waals surface area contributed by atoms with E-state index in [1.54, 1.807) is 24.3 Å². The summed E-state index contributed by atoms with van der Waals surface area (Å²) in [6.45, 7) is 0. The van der Waals surface area contributed by atoms with E-state index in [1.165, 1.54) is 14.2 Å². The van der Waals surface area contributed by atoms with Gasteiger partial charge in [-0.3, -0.25) is 4.79 Å². The minimum Gasteiger partial charge on any atom is -0.497 e. The van der Waals surface area contributed by atoms with Gasteiger partial charge in [0, 0.05) is 12.0 Å². The molecule has 5 heteroatoms. The predicted octanol–water partition coefficient (Wildman–Crippen LogP) is 0.990. The third kappa shape index (κ3) is 4.03. The minimum atomic E-state index is -0.853. The maximum atomic E-state index is 12.0. The smallest absolute Gasteiger partial charge is 0.329 e. The highest BCUT2D eigenvalue weighted by atomic mass is 16.5. The third-order valence-electron chi connectivity index (χ3n) is 2.44. The van der Waals surface area contributed by atoms with Gasteiger partial charge in [-0.15, -0.1) is 12.3 Å². The Morgan fingerprint density at radius 2 is 2.16 bits per heavy atom. The summed E-state index contributed by atoms with van der Waals surface area (Å²) in [7, 11) is 2.75. The van der Waals surface area contributed by atoms with Gasteiger partial charge in [0.25, 0.3) is 5.91 Å². The number of nitrogens with one attached hydrogen (secondary N) is 1. The standard InChI is InChI=1S/C14H15NO4/c1-4-6-12(14(17)19-3)15-13(16)10-7-5-8-11(9-10)18-2/h1,5,7-9,12H,6H2,2-3H3,(H,15,16). The molecule has 0 radical (unpaired) electrons. The van der Waals surface area contributed by atoms with Gasteiger partial charge in [-0.2, -0.15) is 0 Å². The number of benzene rings is 1. The monoisotopic (exact) mass is 261 g/mol. The van der Waals surface area contributed by atoms with E-state index in [-0.39, 0.29) is 6.42 Å². The molecule has 0 spiro atoms. The zero-order valence-electron chi connectivity index (χ0n) is 10.8.